The van der Waals surface area contributed by atoms with Crippen molar-refractivity contribution < 1.29 is 14.2 Å². The maximum Gasteiger partial charge on any atom is 0.276 e. The lowest BCUT2D eigenvalue weighted by atomic mass is 10.1. The van der Waals surface area contributed by atoms with Crippen LogP contribution in [0, 0.1) is 10.1 Å². The van der Waals surface area contributed by atoms with Crippen LogP contribution in [0.1, 0.15) is 12.7 Å². The molecule has 0 saturated heterocycles. The van der Waals surface area contributed by atoms with Gasteiger partial charge in [-0.3, -0.25) is 10.1 Å². The van der Waals surface area contributed by atoms with Crippen molar-refractivity contribution in [2.75, 3.05) is 0 Å². The molecular formula is C21H15N5O4. The van der Waals surface area contributed by atoms with Crippen molar-refractivity contribution in [3.63, 3.8) is 0 Å². The first kappa shape index (κ1) is 17.8. The number of benzene rings is 2. The summed E-state index contributed by atoms with van der Waals surface area (Å²) in [5.41, 5.74) is 2.41. The minimum absolute atomic E-state index is 0.0155. The third kappa shape index (κ3) is 3.12. The van der Waals surface area contributed by atoms with Gasteiger partial charge in [-0.2, -0.15) is 4.98 Å². The van der Waals surface area contributed by atoms with Crippen molar-refractivity contribution in [2.24, 2.45) is 0 Å². The van der Waals surface area contributed by atoms with E-state index in [0.717, 1.165) is 21.8 Å². The molecule has 0 fully saturated rings. The molecule has 1 N–H and O–H groups in total. The molecule has 3 aromatic heterocycles. The minimum Gasteiger partial charge on any atom is -0.457 e. The molecule has 0 aliphatic rings. The van der Waals surface area contributed by atoms with Gasteiger partial charge in [0.25, 0.3) is 11.6 Å². The van der Waals surface area contributed by atoms with Gasteiger partial charge in [0.15, 0.2) is 5.82 Å². The highest BCUT2D eigenvalue weighted by Gasteiger charge is 2.13. The van der Waals surface area contributed by atoms with E-state index in [1.807, 2.05) is 31.2 Å². The average Bonchev–Trinajstić information content (AvgIpc) is 3.38. The number of rotatable bonds is 5. The fraction of sp³-hybridized carbons (Fsp3) is 0.0952. The topological polar surface area (TPSA) is 120 Å². The molecule has 0 bridgehead atoms. The number of aromatic nitrogens is 4. The lowest BCUT2D eigenvalue weighted by Crippen LogP contribution is -1.88. The standard InChI is InChI=1S/C21H15N5O4/c1-2-20-24-21(30-25-20)18-10-16-15-9-14(7-8-17(15)23-19(16)11-22-18)29-13-5-3-12(4-6-13)26(27)28/h3-11,23H,2H2,1H3. The Balaban J connectivity index is 1.52. The molecule has 3 heterocycles. The van der Waals surface area contributed by atoms with Crippen LogP contribution in [0.25, 0.3) is 33.4 Å². The van der Waals surface area contributed by atoms with Crippen molar-refractivity contribution in [1.82, 2.24) is 20.1 Å². The van der Waals surface area contributed by atoms with Gasteiger partial charge in [-0.25, -0.2) is 4.98 Å². The smallest absolute Gasteiger partial charge is 0.276 e. The number of nitro groups is 1. The third-order valence-electron chi connectivity index (χ3n) is 4.74. The van der Waals surface area contributed by atoms with Crippen LogP contribution in [0.4, 0.5) is 5.69 Å². The van der Waals surface area contributed by atoms with E-state index in [4.69, 9.17) is 9.26 Å². The van der Waals surface area contributed by atoms with Gasteiger partial charge in [0.1, 0.15) is 17.2 Å². The molecule has 5 rings (SSSR count). The summed E-state index contributed by atoms with van der Waals surface area (Å²) in [6.07, 6.45) is 2.42. The zero-order valence-electron chi connectivity index (χ0n) is 15.8. The van der Waals surface area contributed by atoms with E-state index in [1.165, 1.54) is 12.1 Å². The van der Waals surface area contributed by atoms with E-state index in [1.54, 1.807) is 18.3 Å². The van der Waals surface area contributed by atoms with E-state index < -0.39 is 4.92 Å². The normalized spacial score (nSPS) is 11.2. The predicted octanol–water partition coefficient (Wildman–Crippen LogP) is 5.03. The summed E-state index contributed by atoms with van der Waals surface area (Å²) in [5, 5.41) is 16.6. The van der Waals surface area contributed by atoms with E-state index in [-0.39, 0.29) is 5.69 Å². The quantitative estimate of drug-likeness (QED) is 0.324. The van der Waals surface area contributed by atoms with Crippen LogP contribution < -0.4 is 4.74 Å². The molecule has 5 aromatic rings. The van der Waals surface area contributed by atoms with Gasteiger partial charge in [0.2, 0.25) is 0 Å². The van der Waals surface area contributed by atoms with Crippen LogP contribution in [0.3, 0.4) is 0 Å². The minimum atomic E-state index is -0.444. The molecule has 0 atom stereocenters. The molecule has 0 spiro atoms. The SMILES string of the molecule is CCc1noc(-c2cc3c(cn2)[nH]c2ccc(Oc4ccc([N+](=O)[O-])cc4)cc23)n1. The fourth-order valence-electron chi connectivity index (χ4n) is 3.23. The van der Waals surface area contributed by atoms with E-state index in [9.17, 15) is 10.1 Å². The molecule has 9 nitrogen and oxygen atoms in total. The summed E-state index contributed by atoms with van der Waals surface area (Å²) in [6.45, 7) is 1.96. The first-order valence-electron chi connectivity index (χ1n) is 9.27. The van der Waals surface area contributed by atoms with E-state index in [2.05, 4.69) is 20.1 Å². The molecule has 0 saturated carbocycles. The molecule has 9 heteroatoms. The Morgan fingerprint density at radius 2 is 1.83 bits per heavy atom. The molecule has 0 amide bonds. The maximum absolute atomic E-state index is 10.8. The van der Waals surface area contributed by atoms with Crippen LogP contribution in [-0.4, -0.2) is 25.0 Å². The summed E-state index contributed by atoms with van der Waals surface area (Å²) >= 11 is 0. The summed E-state index contributed by atoms with van der Waals surface area (Å²) < 4.78 is 11.2. The van der Waals surface area contributed by atoms with Crippen LogP contribution in [0.15, 0.2) is 59.3 Å². The molecule has 2 aromatic carbocycles. The van der Waals surface area contributed by atoms with Gasteiger partial charge in [-0.05, 0) is 36.4 Å². The average molecular weight is 401 g/mol. The van der Waals surface area contributed by atoms with Crippen LogP contribution >= 0.6 is 0 Å². The van der Waals surface area contributed by atoms with Gasteiger partial charge in [-0.1, -0.05) is 12.1 Å². The van der Waals surface area contributed by atoms with Gasteiger partial charge in [-0.15, -0.1) is 0 Å². The lowest BCUT2D eigenvalue weighted by molar-refractivity contribution is -0.384. The number of nitrogens with zero attached hydrogens (tertiary/aromatic N) is 4. The van der Waals surface area contributed by atoms with E-state index in [0.29, 0.717) is 35.3 Å². The fourth-order valence-corrected chi connectivity index (χ4v) is 3.23. The number of H-pyrrole nitrogens is 1. The zero-order valence-corrected chi connectivity index (χ0v) is 15.8. The van der Waals surface area contributed by atoms with Crippen molar-refractivity contribution >= 4 is 27.5 Å². The van der Waals surface area contributed by atoms with Crippen LogP contribution in [0.5, 0.6) is 11.5 Å². The zero-order chi connectivity index (χ0) is 20.7. The van der Waals surface area contributed by atoms with Crippen LogP contribution in [-0.2, 0) is 6.42 Å². The lowest BCUT2D eigenvalue weighted by Gasteiger charge is -2.05. The monoisotopic (exact) mass is 401 g/mol. The van der Waals surface area contributed by atoms with Crippen molar-refractivity contribution in [2.45, 2.75) is 13.3 Å². The van der Waals surface area contributed by atoms with Gasteiger partial charge in [0.05, 0.1) is 16.6 Å². The van der Waals surface area contributed by atoms with Gasteiger partial charge in [0, 0.05) is 34.8 Å². The van der Waals surface area contributed by atoms with Gasteiger partial charge < -0.3 is 14.2 Å². The second kappa shape index (κ2) is 6.96. The summed E-state index contributed by atoms with van der Waals surface area (Å²) in [4.78, 5) is 22.4. The van der Waals surface area contributed by atoms with Crippen molar-refractivity contribution in [3.05, 3.63) is 70.7 Å². The first-order chi connectivity index (χ1) is 14.6. The molecule has 0 radical (unpaired) electrons. The predicted molar refractivity (Wildman–Crippen MR) is 109 cm³/mol. The number of aromatic amines is 1. The Kier molecular flexibility index (Phi) is 4.13. The number of ether oxygens (including phenoxy) is 1. The molecular weight excluding hydrogens is 386 g/mol. The molecule has 148 valence electrons. The number of pyridine rings is 1. The summed E-state index contributed by atoms with van der Waals surface area (Å²) in [5.74, 6) is 2.13. The Morgan fingerprint density at radius 1 is 1.07 bits per heavy atom. The third-order valence-corrected chi connectivity index (χ3v) is 4.74. The summed E-state index contributed by atoms with van der Waals surface area (Å²) in [6, 6.07) is 13.5. The Labute approximate surface area is 169 Å². The van der Waals surface area contributed by atoms with E-state index >= 15 is 0 Å². The largest absolute Gasteiger partial charge is 0.457 e. The molecule has 0 unspecified atom stereocenters. The van der Waals surface area contributed by atoms with Crippen molar-refractivity contribution in [1.29, 1.82) is 0 Å². The van der Waals surface area contributed by atoms with Crippen molar-refractivity contribution in [3.8, 4) is 23.1 Å². The Bertz CT molecular complexity index is 1390. The molecule has 30 heavy (non-hydrogen) atoms. The number of hydrogen-bond acceptors (Lipinski definition) is 7. The highest BCUT2D eigenvalue weighted by atomic mass is 16.6. The Morgan fingerprint density at radius 3 is 2.57 bits per heavy atom. The number of hydrogen-bond donors (Lipinski definition) is 1. The second-order valence-corrected chi connectivity index (χ2v) is 6.67. The number of aryl methyl sites for hydroxylation is 1. The Hall–Kier alpha value is -4.27. The first-order valence-corrected chi connectivity index (χ1v) is 9.27. The highest BCUT2D eigenvalue weighted by Crippen LogP contribution is 2.32. The van der Waals surface area contributed by atoms with Gasteiger partial charge >= 0.3 is 0 Å². The van der Waals surface area contributed by atoms with Crippen LogP contribution in [0.2, 0.25) is 0 Å². The maximum atomic E-state index is 10.8. The summed E-state index contributed by atoms with van der Waals surface area (Å²) in [7, 11) is 0. The number of fused-ring (bicyclic) bond motifs is 3. The molecule has 0 aliphatic carbocycles. The highest BCUT2D eigenvalue weighted by molar-refractivity contribution is 6.08. The molecule has 0 aliphatic heterocycles. The number of nitro benzene ring substituents is 1. The second-order valence-electron chi connectivity index (χ2n) is 6.67. The number of nitrogens with one attached hydrogen (secondary N) is 1. The number of non-ortho nitro benzene ring substituents is 1.